The summed E-state index contributed by atoms with van der Waals surface area (Å²) in [5, 5.41) is 0.846. The summed E-state index contributed by atoms with van der Waals surface area (Å²) in [5.41, 5.74) is 8.52. The maximum Gasteiger partial charge on any atom is 0.0459 e. The Bertz CT molecular complexity index is 388. The van der Waals surface area contributed by atoms with E-state index in [1.54, 1.807) is 0 Å². The lowest BCUT2D eigenvalue weighted by Crippen LogP contribution is -2.25. The van der Waals surface area contributed by atoms with Gasteiger partial charge in [0, 0.05) is 29.8 Å². The molecule has 17 heavy (non-hydrogen) atoms. The van der Waals surface area contributed by atoms with Crippen LogP contribution in [0.2, 0.25) is 5.02 Å². The van der Waals surface area contributed by atoms with Crippen LogP contribution >= 0.6 is 11.6 Å². The molecule has 0 aliphatic heterocycles. The van der Waals surface area contributed by atoms with Crippen molar-refractivity contribution >= 4 is 17.3 Å². The third kappa shape index (κ3) is 2.93. The second-order valence-electron chi connectivity index (χ2n) is 4.95. The minimum Gasteiger partial charge on any atom is -0.371 e. The van der Waals surface area contributed by atoms with E-state index in [1.807, 2.05) is 12.1 Å². The molecular formula is C14H21ClN2. The molecule has 1 aromatic carbocycles. The van der Waals surface area contributed by atoms with Gasteiger partial charge in [-0.25, -0.2) is 0 Å². The second-order valence-corrected chi connectivity index (χ2v) is 5.36. The monoisotopic (exact) mass is 252 g/mol. The van der Waals surface area contributed by atoms with Gasteiger partial charge in [0.05, 0.1) is 0 Å². The molecule has 0 amide bonds. The van der Waals surface area contributed by atoms with Gasteiger partial charge in [0.25, 0.3) is 0 Å². The Balaban J connectivity index is 2.26. The van der Waals surface area contributed by atoms with Crippen molar-refractivity contribution in [2.45, 2.75) is 44.7 Å². The van der Waals surface area contributed by atoms with Gasteiger partial charge in [-0.05, 0) is 43.4 Å². The summed E-state index contributed by atoms with van der Waals surface area (Å²) in [6, 6.07) is 7.04. The highest BCUT2D eigenvalue weighted by Crippen LogP contribution is 2.35. The van der Waals surface area contributed by atoms with Gasteiger partial charge in [-0.3, -0.25) is 0 Å². The Morgan fingerprint density at radius 1 is 1.47 bits per heavy atom. The molecular weight excluding hydrogens is 232 g/mol. The van der Waals surface area contributed by atoms with Gasteiger partial charge in [0.15, 0.2) is 0 Å². The highest BCUT2D eigenvalue weighted by Gasteiger charge is 2.28. The van der Waals surface area contributed by atoms with Crippen LogP contribution in [-0.4, -0.2) is 19.1 Å². The van der Waals surface area contributed by atoms with Gasteiger partial charge in [-0.15, -0.1) is 0 Å². The molecule has 1 aliphatic carbocycles. The van der Waals surface area contributed by atoms with Crippen molar-refractivity contribution in [3.8, 4) is 0 Å². The number of rotatable bonds is 5. The van der Waals surface area contributed by atoms with Crippen molar-refractivity contribution in [1.82, 2.24) is 0 Å². The minimum atomic E-state index is 0.196. The van der Waals surface area contributed by atoms with E-state index in [0.717, 1.165) is 17.9 Å². The minimum absolute atomic E-state index is 0.196. The maximum atomic E-state index is 6.32. The van der Waals surface area contributed by atoms with E-state index in [9.17, 15) is 0 Å². The zero-order valence-electron chi connectivity index (χ0n) is 10.6. The molecule has 1 atom stereocenters. The Morgan fingerprint density at radius 3 is 2.76 bits per heavy atom. The first-order valence-corrected chi connectivity index (χ1v) is 6.77. The average molecular weight is 253 g/mol. The van der Waals surface area contributed by atoms with Gasteiger partial charge in [0.2, 0.25) is 0 Å². The summed E-state index contributed by atoms with van der Waals surface area (Å²) < 4.78 is 0. The number of halogens is 1. The summed E-state index contributed by atoms with van der Waals surface area (Å²) in [6.07, 6.45) is 4.44. The quantitative estimate of drug-likeness (QED) is 0.872. The van der Waals surface area contributed by atoms with Crippen LogP contribution in [0.1, 0.15) is 31.7 Å². The third-order valence-electron chi connectivity index (χ3n) is 3.56. The lowest BCUT2D eigenvalue weighted by atomic mass is 10.0. The van der Waals surface area contributed by atoms with Crippen LogP contribution in [0, 0.1) is 0 Å². The zero-order chi connectivity index (χ0) is 12.4. The smallest absolute Gasteiger partial charge is 0.0459 e. The fraction of sp³-hybridized carbons (Fsp3) is 0.571. The molecule has 1 unspecified atom stereocenters. The molecule has 0 spiro atoms. The van der Waals surface area contributed by atoms with Gasteiger partial charge in [-0.1, -0.05) is 24.6 Å². The lowest BCUT2D eigenvalue weighted by Gasteiger charge is -2.24. The predicted molar refractivity (Wildman–Crippen MR) is 74.8 cm³/mol. The van der Waals surface area contributed by atoms with Crippen LogP contribution in [0.15, 0.2) is 18.2 Å². The van der Waals surface area contributed by atoms with Crippen LogP contribution in [-0.2, 0) is 6.42 Å². The van der Waals surface area contributed by atoms with Crippen LogP contribution in [0.4, 0.5) is 5.69 Å². The average Bonchev–Trinajstić information content (AvgIpc) is 3.14. The van der Waals surface area contributed by atoms with Crippen molar-refractivity contribution in [2.24, 2.45) is 5.73 Å². The molecule has 3 heteroatoms. The summed E-state index contributed by atoms with van der Waals surface area (Å²) in [6.45, 7) is 2.12. The van der Waals surface area contributed by atoms with E-state index in [-0.39, 0.29) is 6.04 Å². The standard InChI is InChI=1S/C14H21ClN2/c1-3-10(16)9-12-13(15)5-4-6-14(12)17(2)11-7-8-11/h4-6,10-11H,3,7-9,16H2,1-2H3. The normalized spacial score (nSPS) is 16.9. The van der Waals surface area contributed by atoms with E-state index in [0.29, 0.717) is 6.04 Å². The Labute approximate surface area is 109 Å². The summed E-state index contributed by atoms with van der Waals surface area (Å²) >= 11 is 6.32. The second kappa shape index (κ2) is 5.28. The van der Waals surface area contributed by atoms with Crippen LogP contribution in [0.25, 0.3) is 0 Å². The molecule has 2 rings (SSSR count). The number of hydrogen-bond donors (Lipinski definition) is 1. The number of benzene rings is 1. The molecule has 1 saturated carbocycles. The first-order chi connectivity index (χ1) is 8.13. The van der Waals surface area contributed by atoms with E-state index in [1.165, 1.54) is 24.1 Å². The largest absolute Gasteiger partial charge is 0.371 e. The molecule has 0 aromatic heterocycles. The number of anilines is 1. The molecule has 94 valence electrons. The highest BCUT2D eigenvalue weighted by atomic mass is 35.5. The van der Waals surface area contributed by atoms with E-state index < -0.39 is 0 Å². The molecule has 1 aliphatic rings. The predicted octanol–water partition coefficient (Wildman–Crippen LogP) is 3.22. The maximum absolute atomic E-state index is 6.32. The topological polar surface area (TPSA) is 29.3 Å². The zero-order valence-corrected chi connectivity index (χ0v) is 11.4. The SMILES string of the molecule is CCC(N)Cc1c(Cl)cccc1N(C)C1CC1. The lowest BCUT2D eigenvalue weighted by molar-refractivity contribution is 0.645. The van der Waals surface area contributed by atoms with E-state index >= 15 is 0 Å². The summed E-state index contributed by atoms with van der Waals surface area (Å²) in [4.78, 5) is 2.35. The fourth-order valence-corrected chi connectivity index (χ4v) is 2.39. The van der Waals surface area contributed by atoms with Crippen molar-refractivity contribution < 1.29 is 0 Å². The van der Waals surface area contributed by atoms with Crippen molar-refractivity contribution in [2.75, 3.05) is 11.9 Å². The van der Waals surface area contributed by atoms with Crippen molar-refractivity contribution in [3.05, 3.63) is 28.8 Å². The Morgan fingerprint density at radius 2 is 2.18 bits per heavy atom. The Hall–Kier alpha value is -0.730. The van der Waals surface area contributed by atoms with E-state index in [4.69, 9.17) is 17.3 Å². The first-order valence-electron chi connectivity index (χ1n) is 6.39. The fourth-order valence-electron chi connectivity index (χ4n) is 2.14. The van der Waals surface area contributed by atoms with Crippen molar-refractivity contribution in [1.29, 1.82) is 0 Å². The van der Waals surface area contributed by atoms with Crippen LogP contribution < -0.4 is 10.6 Å². The number of hydrogen-bond acceptors (Lipinski definition) is 2. The van der Waals surface area contributed by atoms with Gasteiger partial charge >= 0.3 is 0 Å². The number of nitrogens with zero attached hydrogens (tertiary/aromatic N) is 1. The van der Waals surface area contributed by atoms with Crippen LogP contribution in [0.3, 0.4) is 0 Å². The van der Waals surface area contributed by atoms with Gasteiger partial charge in [0.1, 0.15) is 0 Å². The van der Waals surface area contributed by atoms with Gasteiger partial charge in [-0.2, -0.15) is 0 Å². The summed E-state index contributed by atoms with van der Waals surface area (Å²) in [5.74, 6) is 0. The molecule has 0 radical (unpaired) electrons. The molecule has 1 aromatic rings. The van der Waals surface area contributed by atoms with Crippen LogP contribution in [0.5, 0.6) is 0 Å². The molecule has 0 saturated heterocycles. The molecule has 1 fully saturated rings. The van der Waals surface area contributed by atoms with Gasteiger partial charge < -0.3 is 10.6 Å². The molecule has 0 heterocycles. The molecule has 0 bridgehead atoms. The first kappa shape index (κ1) is 12.7. The van der Waals surface area contributed by atoms with Crippen molar-refractivity contribution in [3.63, 3.8) is 0 Å². The summed E-state index contributed by atoms with van der Waals surface area (Å²) in [7, 11) is 2.16. The Kier molecular flexibility index (Phi) is 3.95. The molecule has 2 N–H and O–H groups in total. The third-order valence-corrected chi connectivity index (χ3v) is 3.91. The highest BCUT2D eigenvalue weighted by molar-refractivity contribution is 6.31. The number of nitrogens with two attached hydrogens (primary N) is 1. The molecule has 2 nitrogen and oxygen atoms in total. The van der Waals surface area contributed by atoms with E-state index in [2.05, 4.69) is 24.9 Å².